The number of carbonyl (C=O) groups is 1. The van der Waals surface area contributed by atoms with Crippen molar-refractivity contribution < 1.29 is 9.53 Å². The zero-order chi connectivity index (χ0) is 10.9. The second kappa shape index (κ2) is 4.00. The van der Waals surface area contributed by atoms with Crippen LogP contribution in [0.2, 0.25) is 0 Å². The molecule has 0 unspecified atom stereocenters. The average molecular weight is 212 g/mol. The summed E-state index contributed by atoms with van der Waals surface area (Å²) < 4.78 is 5.10. The summed E-state index contributed by atoms with van der Waals surface area (Å²) in [7, 11) is 0. The van der Waals surface area contributed by atoms with E-state index in [9.17, 15) is 4.79 Å². The van der Waals surface area contributed by atoms with E-state index >= 15 is 0 Å². The van der Waals surface area contributed by atoms with Crippen molar-refractivity contribution in [2.24, 2.45) is 5.41 Å². The topological polar surface area (TPSA) is 41.6 Å². The highest BCUT2D eigenvalue weighted by atomic mass is 16.6. The number of carbonyl (C=O) groups excluding carboxylic acids is 1. The van der Waals surface area contributed by atoms with Crippen LogP contribution in [0.3, 0.4) is 0 Å². The van der Waals surface area contributed by atoms with Crippen molar-refractivity contribution in [2.75, 3.05) is 26.2 Å². The molecule has 0 radical (unpaired) electrons. The van der Waals surface area contributed by atoms with E-state index in [4.69, 9.17) is 4.74 Å². The molecular formula is C11H20N2O2. The maximum Gasteiger partial charge on any atom is 0.407 e. The zero-order valence-electron chi connectivity index (χ0n) is 9.58. The number of hydrogen-bond donors (Lipinski definition) is 1. The molecule has 15 heavy (non-hydrogen) atoms. The van der Waals surface area contributed by atoms with Gasteiger partial charge in [-0.25, -0.2) is 4.79 Å². The predicted molar refractivity (Wildman–Crippen MR) is 57.7 cm³/mol. The molecule has 2 aliphatic heterocycles. The molecule has 2 heterocycles. The molecule has 1 N–H and O–H groups in total. The second-order valence-corrected chi connectivity index (χ2v) is 5.06. The van der Waals surface area contributed by atoms with Crippen molar-refractivity contribution in [1.29, 1.82) is 0 Å². The molecule has 0 aromatic heterocycles. The molecule has 86 valence electrons. The van der Waals surface area contributed by atoms with E-state index in [1.165, 1.54) is 0 Å². The van der Waals surface area contributed by atoms with Gasteiger partial charge in [-0.05, 0) is 39.8 Å². The SMILES string of the molecule is CC(C)N1CCC2(CC1)CNC(=O)OC2. The predicted octanol–water partition coefficient (Wildman–Crippen LogP) is 1.22. The molecule has 4 nitrogen and oxygen atoms in total. The van der Waals surface area contributed by atoms with Gasteiger partial charge in [0.2, 0.25) is 0 Å². The maximum absolute atomic E-state index is 10.9. The van der Waals surface area contributed by atoms with Gasteiger partial charge in [0.1, 0.15) is 6.61 Å². The van der Waals surface area contributed by atoms with Crippen LogP contribution in [0.5, 0.6) is 0 Å². The number of nitrogens with one attached hydrogen (secondary N) is 1. The van der Waals surface area contributed by atoms with Gasteiger partial charge < -0.3 is 15.0 Å². The monoisotopic (exact) mass is 212 g/mol. The first-order valence-electron chi connectivity index (χ1n) is 5.76. The lowest BCUT2D eigenvalue weighted by Crippen LogP contribution is -2.53. The molecule has 0 saturated carbocycles. The van der Waals surface area contributed by atoms with Gasteiger partial charge in [0.15, 0.2) is 0 Å². The third-order valence-corrected chi connectivity index (χ3v) is 3.71. The van der Waals surface area contributed by atoms with Crippen LogP contribution in [0, 0.1) is 5.41 Å². The van der Waals surface area contributed by atoms with Crippen LogP contribution in [-0.2, 0) is 4.74 Å². The normalized spacial score (nSPS) is 26.5. The van der Waals surface area contributed by atoms with E-state index in [0.29, 0.717) is 12.6 Å². The molecular weight excluding hydrogens is 192 g/mol. The van der Waals surface area contributed by atoms with Crippen molar-refractivity contribution in [2.45, 2.75) is 32.7 Å². The van der Waals surface area contributed by atoms with Crippen molar-refractivity contribution in [3.63, 3.8) is 0 Å². The number of cyclic esters (lactones) is 1. The van der Waals surface area contributed by atoms with E-state index < -0.39 is 0 Å². The Hall–Kier alpha value is -0.770. The smallest absolute Gasteiger partial charge is 0.407 e. The summed E-state index contributed by atoms with van der Waals surface area (Å²) in [6.45, 7) is 8.10. The summed E-state index contributed by atoms with van der Waals surface area (Å²) in [5.74, 6) is 0. The third kappa shape index (κ3) is 2.25. The molecule has 2 aliphatic rings. The molecule has 0 atom stereocenters. The highest BCUT2D eigenvalue weighted by Crippen LogP contribution is 2.33. The van der Waals surface area contributed by atoms with Gasteiger partial charge in [-0.2, -0.15) is 0 Å². The number of likely N-dealkylation sites (tertiary alicyclic amines) is 1. The van der Waals surface area contributed by atoms with Crippen molar-refractivity contribution in [1.82, 2.24) is 10.2 Å². The summed E-state index contributed by atoms with van der Waals surface area (Å²) >= 11 is 0. The minimum absolute atomic E-state index is 0.208. The number of amides is 1. The third-order valence-electron chi connectivity index (χ3n) is 3.71. The highest BCUT2D eigenvalue weighted by Gasteiger charge is 2.39. The fourth-order valence-corrected chi connectivity index (χ4v) is 2.42. The zero-order valence-corrected chi connectivity index (χ0v) is 9.58. The Labute approximate surface area is 91.0 Å². The molecule has 1 spiro atoms. The molecule has 0 aromatic carbocycles. The minimum atomic E-state index is -0.257. The lowest BCUT2D eigenvalue weighted by atomic mass is 9.78. The van der Waals surface area contributed by atoms with Gasteiger partial charge >= 0.3 is 6.09 Å². The van der Waals surface area contributed by atoms with Crippen molar-refractivity contribution in [3.05, 3.63) is 0 Å². The standard InChI is InChI=1S/C11H20N2O2/c1-9(2)13-5-3-11(4-6-13)7-12-10(14)15-8-11/h9H,3-8H2,1-2H3,(H,12,14). The molecule has 4 heteroatoms. The van der Waals surface area contributed by atoms with Crippen LogP contribution < -0.4 is 5.32 Å². The number of nitrogens with zero attached hydrogens (tertiary/aromatic N) is 1. The van der Waals surface area contributed by atoms with Crippen molar-refractivity contribution >= 4 is 6.09 Å². The van der Waals surface area contributed by atoms with Crippen LogP contribution in [0.15, 0.2) is 0 Å². The maximum atomic E-state index is 10.9. The van der Waals surface area contributed by atoms with Crippen molar-refractivity contribution in [3.8, 4) is 0 Å². The van der Waals surface area contributed by atoms with Gasteiger partial charge in [0, 0.05) is 18.0 Å². The highest BCUT2D eigenvalue weighted by molar-refractivity contribution is 5.68. The Morgan fingerprint density at radius 2 is 2.07 bits per heavy atom. The Morgan fingerprint density at radius 1 is 1.40 bits per heavy atom. The molecule has 2 fully saturated rings. The molecule has 2 rings (SSSR count). The molecule has 0 aromatic rings. The first-order chi connectivity index (χ1) is 7.11. The van der Waals surface area contributed by atoms with Gasteiger partial charge in [0.25, 0.3) is 0 Å². The first-order valence-corrected chi connectivity index (χ1v) is 5.76. The number of piperidine rings is 1. The van der Waals surface area contributed by atoms with E-state index in [2.05, 4.69) is 24.1 Å². The molecule has 1 amide bonds. The molecule has 2 saturated heterocycles. The van der Waals surface area contributed by atoms with E-state index in [-0.39, 0.29) is 11.5 Å². The number of rotatable bonds is 1. The van der Waals surface area contributed by atoms with E-state index in [0.717, 1.165) is 32.5 Å². The molecule has 0 aliphatic carbocycles. The molecule has 0 bridgehead atoms. The van der Waals surface area contributed by atoms with Gasteiger partial charge in [0.05, 0.1) is 0 Å². The Balaban J connectivity index is 1.89. The minimum Gasteiger partial charge on any atom is -0.449 e. The first kappa shape index (κ1) is 10.7. The van der Waals surface area contributed by atoms with Gasteiger partial charge in [-0.3, -0.25) is 0 Å². The largest absolute Gasteiger partial charge is 0.449 e. The summed E-state index contributed by atoms with van der Waals surface area (Å²) in [5, 5.41) is 2.81. The van der Waals surface area contributed by atoms with Crippen LogP contribution in [-0.4, -0.2) is 43.3 Å². The lowest BCUT2D eigenvalue weighted by Gasteiger charge is -2.44. The number of alkyl carbamates (subject to hydrolysis) is 1. The Kier molecular flexibility index (Phi) is 2.87. The van der Waals surface area contributed by atoms with Gasteiger partial charge in [-0.1, -0.05) is 0 Å². The Morgan fingerprint density at radius 3 is 2.53 bits per heavy atom. The van der Waals surface area contributed by atoms with Crippen LogP contribution in [0.4, 0.5) is 4.79 Å². The number of ether oxygens (including phenoxy) is 1. The summed E-state index contributed by atoms with van der Waals surface area (Å²) in [4.78, 5) is 13.4. The van der Waals surface area contributed by atoms with Gasteiger partial charge in [-0.15, -0.1) is 0 Å². The van der Waals surface area contributed by atoms with Crippen LogP contribution >= 0.6 is 0 Å². The van der Waals surface area contributed by atoms with Crippen LogP contribution in [0.25, 0.3) is 0 Å². The van der Waals surface area contributed by atoms with Crippen LogP contribution in [0.1, 0.15) is 26.7 Å². The van der Waals surface area contributed by atoms with E-state index in [1.807, 2.05) is 0 Å². The summed E-state index contributed by atoms with van der Waals surface area (Å²) in [5.41, 5.74) is 0.208. The quantitative estimate of drug-likeness (QED) is 0.710. The Bertz CT molecular complexity index is 233. The fourth-order valence-electron chi connectivity index (χ4n) is 2.42. The van der Waals surface area contributed by atoms with E-state index in [1.54, 1.807) is 0 Å². The lowest BCUT2D eigenvalue weighted by molar-refractivity contribution is 0.0000850. The second-order valence-electron chi connectivity index (χ2n) is 5.06. The number of hydrogen-bond acceptors (Lipinski definition) is 3. The summed E-state index contributed by atoms with van der Waals surface area (Å²) in [6, 6.07) is 0.626. The fraction of sp³-hybridized carbons (Fsp3) is 0.909. The summed E-state index contributed by atoms with van der Waals surface area (Å²) in [6.07, 6.45) is 2.00. The average Bonchev–Trinajstić information content (AvgIpc) is 2.24.